The molecule has 1 saturated heterocycles. The number of carbonyl (C=O) groups excluding carboxylic acids is 1. The SMILES string of the molecule is COc1c(C)cc(Br)c(C)c1C(=O)CCC1CCCCO1. The van der Waals surface area contributed by atoms with Crippen LogP contribution in [0.5, 0.6) is 5.75 Å². The number of methoxy groups -OCH3 is 1. The highest BCUT2D eigenvalue weighted by Crippen LogP contribution is 2.33. The van der Waals surface area contributed by atoms with Crippen LogP contribution in [0, 0.1) is 13.8 Å². The van der Waals surface area contributed by atoms with E-state index in [-0.39, 0.29) is 11.9 Å². The van der Waals surface area contributed by atoms with Crippen LogP contribution in [0.2, 0.25) is 0 Å². The van der Waals surface area contributed by atoms with Crippen LogP contribution in [-0.4, -0.2) is 25.6 Å². The van der Waals surface area contributed by atoms with Crippen molar-refractivity contribution in [3.63, 3.8) is 0 Å². The van der Waals surface area contributed by atoms with Gasteiger partial charge >= 0.3 is 0 Å². The second kappa shape index (κ2) is 7.41. The molecule has 0 N–H and O–H groups in total. The quantitative estimate of drug-likeness (QED) is 0.724. The molecule has 1 aromatic carbocycles. The minimum atomic E-state index is 0.142. The van der Waals surface area contributed by atoms with Crippen molar-refractivity contribution in [1.82, 2.24) is 0 Å². The van der Waals surface area contributed by atoms with Crippen LogP contribution < -0.4 is 4.74 Å². The summed E-state index contributed by atoms with van der Waals surface area (Å²) >= 11 is 3.52. The predicted octanol–water partition coefficient (Wildman–Crippen LogP) is 4.61. The van der Waals surface area contributed by atoms with E-state index in [9.17, 15) is 4.79 Å². The van der Waals surface area contributed by atoms with Crippen molar-refractivity contribution in [2.45, 2.75) is 52.1 Å². The first-order chi connectivity index (χ1) is 10.0. The zero-order valence-corrected chi connectivity index (χ0v) is 14.6. The Labute approximate surface area is 135 Å². The predicted molar refractivity (Wildman–Crippen MR) is 87.3 cm³/mol. The topological polar surface area (TPSA) is 35.5 Å². The molecule has 1 atom stereocenters. The van der Waals surface area contributed by atoms with E-state index in [1.54, 1.807) is 7.11 Å². The Morgan fingerprint density at radius 3 is 2.81 bits per heavy atom. The third-order valence-electron chi connectivity index (χ3n) is 4.11. The molecule has 0 aliphatic carbocycles. The molecule has 1 aromatic rings. The van der Waals surface area contributed by atoms with Crippen molar-refractivity contribution in [3.05, 3.63) is 27.2 Å². The van der Waals surface area contributed by atoms with Crippen LogP contribution in [0.15, 0.2) is 10.5 Å². The molecule has 21 heavy (non-hydrogen) atoms. The van der Waals surface area contributed by atoms with Crippen molar-refractivity contribution in [3.8, 4) is 5.75 Å². The Morgan fingerprint density at radius 1 is 1.43 bits per heavy atom. The van der Waals surface area contributed by atoms with Gasteiger partial charge in [0.1, 0.15) is 5.75 Å². The van der Waals surface area contributed by atoms with E-state index in [2.05, 4.69) is 15.9 Å². The first-order valence-electron chi connectivity index (χ1n) is 7.53. The highest BCUT2D eigenvalue weighted by molar-refractivity contribution is 9.10. The van der Waals surface area contributed by atoms with Crippen LogP contribution in [-0.2, 0) is 4.74 Å². The van der Waals surface area contributed by atoms with Crippen molar-refractivity contribution in [1.29, 1.82) is 0 Å². The fourth-order valence-corrected chi connectivity index (χ4v) is 3.44. The van der Waals surface area contributed by atoms with Gasteiger partial charge in [-0.15, -0.1) is 0 Å². The third-order valence-corrected chi connectivity index (χ3v) is 4.94. The molecule has 0 bridgehead atoms. The van der Waals surface area contributed by atoms with Gasteiger partial charge in [0.15, 0.2) is 5.78 Å². The Hall–Kier alpha value is -0.870. The monoisotopic (exact) mass is 354 g/mol. The summed E-state index contributed by atoms with van der Waals surface area (Å²) in [4.78, 5) is 12.6. The number of hydrogen-bond acceptors (Lipinski definition) is 3. The number of ether oxygens (including phenoxy) is 2. The van der Waals surface area contributed by atoms with Gasteiger partial charge in [0, 0.05) is 17.5 Å². The van der Waals surface area contributed by atoms with Crippen LogP contribution in [0.3, 0.4) is 0 Å². The Kier molecular flexibility index (Phi) is 5.82. The summed E-state index contributed by atoms with van der Waals surface area (Å²) < 4.78 is 12.1. The van der Waals surface area contributed by atoms with Gasteiger partial charge in [-0.3, -0.25) is 4.79 Å². The Balaban J connectivity index is 2.14. The maximum Gasteiger partial charge on any atom is 0.167 e. The van der Waals surface area contributed by atoms with Crippen LogP contribution in [0.4, 0.5) is 0 Å². The van der Waals surface area contributed by atoms with Crippen molar-refractivity contribution in [2.24, 2.45) is 0 Å². The molecule has 1 aliphatic rings. The molecule has 0 amide bonds. The number of rotatable bonds is 5. The van der Waals surface area contributed by atoms with E-state index in [4.69, 9.17) is 9.47 Å². The molecule has 1 heterocycles. The normalized spacial score (nSPS) is 18.6. The minimum Gasteiger partial charge on any atom is -0.496 e. The number of halogens is 1. The number of ketones is 1. The number of hydrogen-bond donors (Lipinski definition) is 0. The average Bonchev–Trinajstić information content (AvgIpc) is 2.49. The van der Waals surface area contributed by atoms with Crippen molar-refractivity contribution >= 4 is 21.7 Å². The number of Topliss-reactive ketones (excluding diaryl/α,β-unsaturated/α-hetero) is 1. The summed E-state index contributed by atoms with van der Waals surface area (Å²) in [5.74, 6) is 0.841. The van der Waals surface area contributed by atoms with Gasteiger partial charge in [-0.1, -0.05) is 15.9 Å². The lowest BCUT2D eigenvalue weighted by atomic mass is 9.95. The van der Waals surface area contributed by atoms with Gasteiger partial charge in [0.2, 0.25) is 0 Å². The standard InChI is InChI=1S/C17H23BrO3/c1-11-10-14(18)12(2)16(17(11)20-3)15(19)8-7-13-6-4-5-9-21-13/h10,13H,4-9H2,1-3H3. The highest BCUT2D eigenvalue weighted by Gasteiger charge is 2.21. The van der Waals surface area contributed by atoms with Crippen molar-refractivity contribution in [2.75, 3.05) is 13.7 Å². The first-order valence-corrected chi connectivity index (χ1v) is 8.32. The van der Waals surface area contributed by atoms with Crippen molar-refractivity contribution < 1.29 is 14.3 Å². The summed E-state index contributed by atoms with van der Waals surface area (Å²) in [6.45, 7) is 4.75. The summed E-state index contributed by atoms with van der Waals surface area (Å²) in [5, 5.41) is 0. The number of benzene rings is 1. The van der Waals surface area contributed by atoms with E-state index in [1.165, 1.54) is 6.42 Å². The van der Waals surface area contributed by atoms with Gasteiger partial charge in [-0.2, -0.15) is 0 Å². The van der Waals surface area contributed by atoms with Gasteiger partial charge in [0.25, 0.3) is 0 Å². The molecule has 0 saturated carbocycles. The molecule has 2 rings (SSSR count). The maximum absolute atomic E-state index is 12.6. The summed E-state index contributed by atoms with van der Waals surface area (Å²) in [6, 6.07) is 2.00. The van der Waals surface area contributed by atoms with E-state index in [0.29, 0.717) is 17.7 Å². The van der Waals surface area contributed by atoms with Gasteiger partial charge in [-0.25, -0.2) is 0 Å². The smallest absolute Gasteiger partial charge is 0.167 e. The fourth-order valence-electron chi connectivity index (χ4n) is 2.90. The zero-order valence-electron chi connectivity index (χ0n) is 13.0. The Bertz CT molecular complexity index is 519. The maximum atomic E-state index is 12.6. The lowest BCUT2D eigenvalue weighted by molar-refractivity contribution is 0.0104. The minimum absolute atomic E-state index is 0.142. The summed E-state index contributed by atoms with van der Waals surface area (Å²) in [6.07, 6.45) is 4.97. The summed E-state index contributed by atoms with van der Waals surface area (Å²) in [5.41, 5.74) is 2.64. The molecule has 1 fully saturated rings. The van der Waals surface area contributed by atoms with Crippen LogP contribution in [0.1, 0.15) is 53.6 Å². The molecule has 0 radical (unpaired) electrons. The van der Waals surface area contributed by atoms with Gasteiger partial charge < -0.3 is 9.47 Å². The van der Waals surface area contributed by atoms with E-state index in [1.807, 2.05) is 19.9 Å². The third kappa shape index (κ3) is 3.86. The van der Waals surface area contributed by atoms with Gasteiger partial charge in [-0.05, 0) is 56.7 Å². The van der Waals surface area contributed by atoms with Crippen LogP contribution >= 0.6 is 15.9 Å². The lowest BCUT2D eigenvalue weighted by Gasteiger charge is -2.22. The molecule has 1 aliphatic heterocycles. The molecular formula is C17H23BrO3. The second-order valence-corrected chi connectivity index (χ2v) is 6.51. The molecule has 0 aromatic heterocycles. The van der Waals surface area contributed by atoms with Gasteiger partial charge in [0.05, 0.1) is 18.8 Å². The average molecular weight is 355 g/mol. The fraction of sp³-hybridized carbons (Fsp3) is 0.588. The Morgan fingerprint density at radius 2 is 2.19 bits per heavy atom. The molecule has 116 valence electrons. The molecule has 1 unspecified atom stereocenters. The lowest BCUT2D eigenvalue weighted by Crippen LogP contribution is -2.20. The molecule has 4 heteroatoms. The molecule has 0 spiro atoms. The first kappa shape index (κ1) is 16.5. The highest BCUT2D eigenvalue weighted by atomic mass is 79.9. The second-order valence-electron chi connectivity index (χ2n) is 5.66. The zero-order chi connectivity index (χ0) is 15.4. The van der Waals surface area contributed by atoms with E-state index >= 15 is 0 Å². The van der Waals surface area contributed by atoms with E-state index < -0.39 is 0 Å². The summed E-state index contributed by atoms with van der Waals surface area (Å²) in [7, 11) is 1.62. The molecule has 3 nitrogen and oxygen atoms in total. The molecular weight excluding hydrogens is 332 g/mol. The van der Waals surface area contributed by atoms with E-state index in [0.717, 1.165) is 41.5 Å². The number of carbonyl (C=O) groups is 1. The largest absolute Gasteiger partial charge is 0.496 e. The van der Waals surface area contributed by atoms with Crippen LogP contribution in [0.25, 0.3) is 0 Å². The number of aryl methyl sites for hydroxylation is 1.